The molecule has 0 aliphatic rings. The lowest BCUT2D eigenvalue weighted by Gasteiger charge is -2.23. The van der Waals surface area contributed by atoms with E-state index in [1.807, 2.05) is 20.8 Å². The second kappa shape index (κ2) is 7.95. The van der Waals surface area contributed by atoms with Gasteiger partial charge in [-0.25, -0.2) is 4.79 Å². The molecule has 0 aromatic rings. The molecule has 5 nitrogen and oxygen atoms in total. The van der Waals surface area contributed by atoms with Gasteiger partial charge in [0.1, 0.15) is 5.60 Å². The largest absolute Gasteiger partial charge is 0.444 e. The predicted octanol–water partition coefficient (Wildman–Crippen LogP) is 2.21. The van der Waals surface area contributed by atoms with Crippen molar-refractivity contribution in [3.63, 3.8) is 0 Å². The minimum atomic E-state index is -0.507. The van der Waals surface area contributed by atoms with Gasteiger partial charge in [0.05, 0.1) is 0 Å². The Morgan fingerprint density at radius 1 is 1.28 bits per heavy atom. The lowest BCUT2D eigenvalue weighted by Crippen LogP contribution is -2.45. The summed E-state index contributed by atoms with van der Waals surface area (Å²) in [6.07, 6.45) is 2.44. The Hall–Kier alpha value is -1.26. The average molecular weight is 258 g/mol. The fraction of sp³-hybridized carbons (Fsp3) is 0.846. The highest BCUT2D eigenvalue weighted by atomic mass is 16.6. The van der Waals surface area contributed by atoms with E-state index >= 15 is 0 Å². The molecule has 18 heavy (non-hydrogen) atoms. The topological polar surface area (TPSA) is 67.4 Å². The molecule has 0 fully saturated rings. The summed E-state index contributed by atoms with van der Waals surface area (Å²) in [7, 11) is 0. The summed E-state index contributed by atoms with van der Waals surface area (Å²) >= 11 is 0. The lowest BCUT2D eigenvalue weighted by atomic mass is 10.1. The molecule has 0 bridgehead atoms. The Morgan fingerprint density at radius 2 is 1.89 bits per heavy atom. The third kappa shape index (κ3) is 9.93. The van der Waals surface area contributed by atoms with Crippen LogP contribution < -0.4 is 10.6 Å². The molecule has 1 atom stereocenters. The van der Waals surface area contributed by atoms with Crippen LogP contribution in [0.25, 0.3) is 0 Å². The molecule has 0 saturated heterocycles. The van der Waals surface area contributed by atoms with Gasteiger partial charge in [-0.15, -0.1) is 0 Å². The number of unbranched alkanes of at least 4 members (excludes halogenated alkanes) is 1. The first kappa shape index (κ1) is 16.7. The third-order valence-electron chi connectivity index (χ3n) is 2.22. The first-order valence-electron chi connectivity index (χ1n) is 6.48. The van der Waals surface area contributed by atoms with E-state index in [2.05, 4.69) is 17.6 Å². The van der Waals surface area contributed by atoms with Crippen molar-refractivity contribution in [1.29, 1.82) is 0 Å². The van der Waals surface area contributed by atoms with E-state index in [0.29, 0.717) is 6.54 Å². The number of rotatable bonds is 6. The number of hydrogen-bond acceptors (Lipinski definition) is 3. The second-order valence-corrected chi connectivity index (χ2v) is 5.42. The fourth-order valence-electron chi connectivity index (χ4n) is 1.42. The van der Waals surface area contributed by atoms with Gasteiger partial charge in [0, 0.05) is 19.5 Å². The monoisotopic (exact) mass is 258 g/mol. The quantitative estimate of drug-likeness (QED) is 0.767. The van der Waals surface area contributed by atoms with Crippen molar-refractivity contribution >= 4 is 12.0 Å². The number of hydrogen-bond donors (Lipinski definition) is 2. The number of carbonyl (C=O) groups is 2. The summed E-state index contributed by atoms with van der Waals surface area (Å²) in [5.41, 5.74) is -0.507. The van der Waals surface area contributed by atoms with Crippen LogP contribution in [-0.2, 0) is 9.53 Å². The Kier molecular flexibility index (Phi) is 7.39. The second-order valence-electron chi connectivity index (χ2n) is 5.42. The van der Waals surface area contributed by atoms with Crippen LogP contribution in [0, 0.1) is 0 Å². The Balaban J connectivity index is 4.20. The molecule has 0 aliphatic carbocycles. The maximum Gasteiger partial charge on any atom is 0.407 e. The van der Waals surface area contributed by atoms with E-state index in [1.54, 1.807) is 0 Å². The molecule has 0 aromatic carbocycles. The predicted molar refractivity (Wildman–Crippen MR) is 71.4 cm³/mol. The number of amides is 2. The SMILES string of the molecule is CCCC[C@H](CNC(C)=O)NC(=O)OC(C)(C)C. The van der Waals surface area contributed by atoms with E-state index in [9.17, 15) is 9.59 Å². The Bertz CT molecular complexity index is 272. The van der Waals surface area contributed by atoms with Gasteiger partial charge < -0.3 is 15.4 Å². The zero-order chi connectivity index (χ0) is 14.2. The molecule has 5 heteroatoms. The first-order chi connectivity index (χ1) is 8.24. The van der Waals surface area contributed by atoms with Crippen molar-refractivity contribution in [2.75, 3.05) is 6.54 Å². The number of ether oxygens (including phenoxy) is 1. The Labute approximate surface area is 110 Å². The number of nitrogens with one attached hydrogen (secondary N) is 2. The molecule has 0 radical (unpaired) electrons. The molecule has 0 rings (SSSR count). The molecule has 0 aromatic heterocycles. The van der Waals surface area contributed by atoms with Gasteiger partial charge in [-0.3, -0.25) is 4.79 Å². The van der Waals surface area contributed by atoms with E-state index in [-0.39, 0.29) is 11.9 Å². The van der Waals surface area contributed by atoms with E-state index in [1.165, 1.54) is 6.92 Å². The van der Waals surface area contributed by atoms with Crippen molar-refractivity contribution < 1.29 is 14.3 Å². The van der Waals surface area contributed by atoms with Gasteiger partial charge in [-0.1, -0.05) is 19.8 Å². The van der Waals surface area contributed by atoms with Gasteiger partial charge in [0.15, 0.2) is 0 Å². The first-order valence-corrected chi connectivity index (χ1v) is 6.48. The molecule has 0 unspecified atom stereocenters. The zero-order valence-corrected chi connectivity index (χ0v) is 12.1. The van der Waals surface area contributed by atoms with Crippen molar-refractivity contribution in [3.8, 4) is 0 Å². The summed E-state index contributed by atoms with van der Waals surface area (Å²) in [5.74, 6) is -0.0949. The summed E-state index contributed by atoms with van der Waals surface area (Å²) in [4.78, 5) is 22.5. The summed E-state index contributed by atoms with van der Waals surface area (Å²) in [6, 6.07) is -0.0799. The Morgan fingerprint density at radius 3 is 2.33 bits per heavy atom. The van der Waals surface area contributed by atoms with Crippen LogP contribution in [0.3, 0.4) is 0 Å². The molecule has 0 heterocycles. The van der Waals surface area contributed by atoms with Crippen LogP contribution in [0.1, 0.15) is 53.9 Å². The van der Waals surface area contributed by atoms with Crippen molar-refractivity contribution in [2.45, 2.75) is 65.5 Å². The molecule has 0 spiro atoms. The average Bonchev–Trinajstić information content (AvgIpc) is 2.19. The summed E-state index contributed by atoms with van der Waals surface area (Å²) in [6.45, 7) is 9.45. The molecule has 106 valence electrons. The molecule has 2 N–H and O–H groups in total. The van der Waals surface area contributed by atoms with Gasteiger partial charge in [-0.2, -0.15) is 0 Å². The van der Waals surface area contributed by atoms with Gasteiger partial charge in [0.2, 0.25) is 5.91 Å². The summed E-state index contributed by atoms with van der Waals surface area (Å²) < 4.78 is 5.19. The highest BCUT2D eigenvalue weighted by Gasteiger charge is 2.19. The number of alkyl carbamates (subject to hydrolysis) is 1. The van der Waals surface area contributed by atoms with Gasteiger partial charge >= 0.3 is 6.09 Å². The minimum Gasteiger partial charge on any atom is -0.444 e. The third-order valence-corrected chi connectivity index (χ3v) is 2.22. The minimum absolute atomic E-state index is 0.0799. The zero-order valence-electron chi connectivity index (χ0n) is 12.1. The van der Waals surface area contributed by atoms with Crippen LogP contribution in [0.4, 0.5) is 4.79 Å². The lowest BCUT2D eigenvalue weighted by molar-refractivity contribution is -0.119. The van der Waals surface area contributed by atoms with Crippen LogP contribution in [-0.4, -0.2) is 30.2 Å². The van der Waals surface area contributed by atoms with Crippen LogP contribution in [0.5, 0.6) is 0 Å². The standard InChI is InChI=1S/C13H26N2O3/c1-6-7-8-11(9-14-10(2)16)15-12(17)18-13(3,4)5/h11H,6-9H2,1-5H3,(H,14,16)(H,15,17)/t11-/m1/s1. The van der Waals surface area contributed by atoms with E-state index in [0.717, 1.165) is 19.3 Å². The molecule has 0 saturated carbocycles. The van der Waals surface area contributed by atoms with Crippen LogP contribution in [0.2, 0.25) is 0 Å². The van der Waals surface area contributed by atoms with E-state index < -0.39 is 11.7 Å². The van der Waals surface area contributed by atoms with Gasteiger partial charge in [0.25, 0.3) is 0 Å². The maximum atomic E-state index is 11.6. The maximum absolute atomic E-state index is 11.6. The number of carbonyl (C=O) groups excluding carboxylic acids is 2. The highest BCUT2D eigenvalue weighted by Crippen LogP contribution is 2.08. The van der Waals surface area contributed by atoms with E-state index in [4.69, 9.17) is 4.74 Å². The molecular formula is C13H26N2O3. The summed E-state index contributed by atoms with van der Waals surface area (Å²) in [5, 5.41) is 5.50. The highest BCUT2D eigenvalue weighted by molar-refractivity contribution is 5.73. The van der Waals surface area contributed by atoms with Gasteiger partial charge in [-0.05, 0) is 27.2 Å². The van der Waals surface area contributed by atoms with Crippen molar-refractivity contribution in [3.05, 3.63) is 0 Å². The van der Waals surface area contributed by atoms with Crippen molar-refractivity contribution in [2.24, 2.45) is 0 Å². The van der Waals surface area contributed by atoms with Crippen LogP contribution >= 0.6 is 0 Å². The van der Waals surface area contributed by atoms with Crippen molar-refractivity contribution in [1.82, 2.24) is 10.6 Å². The van der Waals surface area contributed by atoms with Crippen LogP contribution in [0.15, 0.2) is 0 Å². The molecular weight excluding hydrogens is 232 g/mol. The smallest absolute Gasteiger partial charge is 0.407 e. The molecule has 0 aliphatic heterocycles. The normalized spacial score (nSPS) is 12.7. The fourth-order valence-corrected chi connectivity index (χ4v) is 1.42. The molecule has 2 amide bonds.